The lowest BCUT2D eigenvalue weighted by atomic mass is 10.2. The molecule has 0 saturated carbocycles. The molecule has 2 rings (SSSR count). The first-order valence-electron chi connectivity index (χ1n) is 8.83. The van der Waals surface area contributed by atoms with E-state index in [1.807, 2.05) is 25.3 Å². The van der Waals surface area contributed by atoms with E-state index in [1.165, 1.54) is 4.88 Å². The molecule has 0 aliphatic rings. The summed E-state index contributed by atoms with van der Waals surface area (Å²) in [6.07, 6.45) is 2.77. The van der Waals surface area contributed by atoms with E-state index >= 15 is 0 Å². The molecule has 156 valence electrons. The third-order valence-electron chi connectivity index (χ3n) is 3.79. The number of nitrogens with zero attached hydrogens (tertiary/aromatic N) is 2. The maximum absolute atomic E-state index is 5.40. The van der Waals surface area contributed by atoms with Gasteiger partial charge in [0, 0.05) is 30.6 Å². The molecule has 0 unspecified atom stereocenters. The molecule has 0 amide bonds. The molecule has 2 aromatic rings. The lowest BCUT2D eigenvalue weighted by Gasteiger charge is -2.14. The molecule has 0 aliphatic carbocycles. The van der Waals surface area contributed by atoms with Crippen LogP contribution in [0.4, 0.5) is 0 Å². The largest absolute Gasteiger partial charge is 0.493 e. The number of aliphatic imine (C=N–C) groups is 1. The minimum atomic E-state index is 0. The van der Waals surface area contributed by atoms with Gasteiger partial charge in [-0.3, -0.25) is 0 Å². The predicted molar refractivity (Wildman–Crippen MR) is 125 cm³/mol. The lowest BCUT2D eigenvalue weighted by molar-refractivity contribution is 0.324. The fourth-order valence-electron chi connectivity index (χ4n) is 2.54. The number of aryl methyl sites for hydroxylation is 1. The first kappa shape index (κ1) is 24.3. The van der Waals surface area contributed by atoms with Crippen molar-refractivity contribution in [3.63, 3.8) is 0 Å². The number of aromatic nitrogens is 1. The Morgan fingerprint density at radius 1 is 1.11 bits per heavy atom. The van der Waals surface area contributed by atoms with Gasteiger partial charge in [0.1, 0.15) is 0 Å². The van der Waals surface area contributed by atoms with E-state index in [-0.39, 0.29) is 24.0 Å². The molecule has 2 N–H and O–H groups in total. The van der Waals surface area contributed by atoms with Crippen molar-refractivity contribution in [3.05, 3.63) is 33.8 Å². The summed E-state index contributed by atoms with van der Waals surface area (Å²) in [7, 11) is 4.81. The third-order valence-corrected chi connectivity index (χ3v) is 4.76. The van der Waals surface area contributed by atoms with Crippen molar-refractivity contribution in [1.29, 1.82) is 0 Å². The number of guanidine groups is 1. The van der Waals surface area contributed by atoms with Crippen LogP contribution >= 0.6 is 35.3 Å². The van der Waals surface area contributed by atoms with Gasteiger partial charge >= 0.3 is 0 Å². The Balaban J connectivity index is 0.00000392. The highest BCUT2D eigenvalue weighted by molar-refractivity contribution is 14.0. The van der Waals surface area contributed by atoms with E-state index in [0.29, 0.717) is 23.8 Å². The minimum Gasteiger partial charge on any atom is -0.493 e. The van der Waals surface area contributed by atoms with Gasteiger partial charge in [-0.1, -0.05) is 0 Å². The van der Waals surface area contributed by atoms with Crippen molar-refractivity contribution >= 4 is 41.3 Å². The van der Waals surface area contributed by atoms with Crippen LogP contribution in [0.5, 0.6) is 17.2 Å². The minimum absolute atomic E-state index is 0. The van der Waals surface area contributed by atoms with Gasteiger partial charge in [0.25, 0.3) is 0 Å². The summed E-state index contributed by atoms with van der Waals surface area (Å²) in [6, 6.07) is 3.82. The molecular weight excluding hydrogens is 491 g/mol. The first-order valence-corrected chi connectivity index (χ1v) is 9.65. The maximum Gasteiger partial charge on any atom is 0.203 e. The fourth-order valence-corrected chi connectivity index (χ4v) is 3.33. The average Bonchev–Trinajstić information content (AvgIpc) is 3.10. The van der Waals surface area contributed by atoms with E-state index in [0.717, 1.165) is 36.0 Å². The zero-order valence-corrected chi connectivity index (χ0v) is 20.1. The molecule has 0 saturated heterocycles. The quantitative estimate of drug-likeness (QED) is 0.300. The molecule has 9 heteroatoms. The van der Waals surface area contributed by atoms with Gasteiger partial charge in [-0.25, -0.2) is 9.98 Å². The van der Waals surface area contributed by atoms with Crippen LogP contribution in [0, 0.1) is 6.92 Å². The number of nitrogens with one attached hydrogen (secondary N) is 2. The van der Waals surface area contributed by atoms with Crippen molar-refractivity contribution in [2.45, 2.75) is 26.8 Å². The molecule has 28 heavy (non-hydrogen) atoms. The van der Waals surface area contributed by atoms with Crippen LogP contribution in [0.2, 0.25) is 0 Å². The predicted octanol–water partition coefficient (Wildman–Crippen LogP) is 3.39. The Morgan fingerprint density at radius 3 is 2.29 bits per heavy atom. The topological polar surface area (TPSA) is 77.0 Å². The van der Waals surface area contributed by atoms with Gasteiger partial charge in [0.05, 0.1) is 32.9 Å². The molecule has 1 heterocycles. The van der Waals surface area contributed by atoms with Crippen LogP contribution in [0.3, 0.4) is 0 Å². The molecule has 0 radical (unpaired) electrons. The van der Waals surface area contributed by atoms with Crippen molar-refractivity contribution in [2.24, 2.45) is 4.99 Å². The van der Waals surface area contributed by atoms with Crippen LogP contribution in [-0.4, -0.2) is 45.4 Å². The monoisotopic (exact) mass is 520 g/mol. The van der Waals surface area contributed by atoms with Gasteiger partial charge in [-0.2, -0.15) is 0 Å². The second-order valence-electron chi connectivity index (χ2n) is 5.77. The van der Waals surface area contributed by atoms with E-state index in [9.17, 15) is 0 Å². The summed E-state index contributed by atoms with van der Waals surface area (Å²) in [5, 5.41) is 7.73. The smallest absolute Gasteiger partial charge is 0.203 e. The molecule has 0 bridgehead atoms. The summed E-state index contributed by atoms with van der Waals surface area (Å²) < 4.78 is 16.2. The molecule has 1 aromatic heterocycles. The summed E-state index contributed by atoms with van der Waals surface area (Å²) in [6.45, 7) is 6.16. The molecule has 0 spiro atoms. The molecule has 1 aromatic carbocycles. The van der Waals surface area contributed by atoms with E-state index in [2.05, 4.69) is 27.5 Å². The molecule has 0 fully saturated rings. The standard InChI is InChI=1S/C19H28N4O3S.HI/c1-6-20-19(21-8-7-17-22-11-13(2)27-17)23-12-14-9-15(24-3)18(26-5)16(10-14)25-4;/h9-11H,6-8,12H2,1-5H3,(H2,20,21,23);1H. The Kier molecular flexibility index (Phi) is 11.0. The molecule has 0 atom stereocenters. The van der Waals surface area contributed by atoms with Crippen molar-refractivity contribution < 1.29 is 14.2 Å². The highest BCUT2D eigenvalue weighted by atomic mass is 127. The van der Waals surface area contributed by atoms with Crippen LogP contribution in [0.1, 0.15) is 22.4 Å². The van der Waals surface area contributed by atoms with Crippen LogP contribution in [0.25, 0.3) is 0 Å². The van der Waals surface area contributed by atoms with Crippen molar-refractivity contribution in [1.82, 2.24) is 15.6 Å². The van der Waals surface area contributed by atoms with Gasteiger partial charge in [-0.05, 0) is 31.5 Å². The van der Waals surface area contributed by atoms with Crippen LogP contribution < -0.4 is 24.8 Å². The second kappa shape index (κ2) is 12.7. The molecular formula is C19H29IN4O3S. The normalized spacial score (nSPS) is 10.8. The van der Waals surface area contributed by atoms with Crippen LogP contribution in [0.15, 0.2) is 23.3 Å². The Labute approximate surface area is 187 Å². The molecule has 0 aliphatic heterocycles. The van der Waals surface area contributed by atoms with Crippen molar-refractivity contribution in [3.8, 4) is 17.2 Å². The summed E-state index contributed by atoms with van der Waals surface area (Å²) in [5.41, 5.74) is 0.970. The van der Waals surface area contributed by atoms with Gasteiger partial charge in [0.2, 0.25) is 5.75 Å². The number of hydrogen-bond acceptors (Lipinski definition) is 6. The van der Waals surface area contributed by atoms with Crippen LogP contribution in [-0.2, 0) is 13.0 Å². The number of hydrogen-bond donors (Lipinski definition) is 2. The zero-order valence-electron chi connectivity index (χ0n) is 17.0. The SMILES string of the molecule is CCNC(=NCc1cc(OC)c(OC)c(OC)c1)NCCc1ncc(C)s1.I. The summed E-state index contributed by atoms with van der Waals surface area (Å²) >= 11 is 1.72. The lowest BCUT2D eigenvalue weighted by Crippen LogP contribution is -2.38. The highest BCUT2D eigenvalue weighted by Crippen LogP contribution is 2.38. The second-order valence-corrected chi connectivity index (χ2v) is 7.09. The van der Waals surface area contributed by atoms with E-state index in [1.54, 1.807) is 32.7 Å². The zero-order chi connectivity index (χ0) is 19.6. The number of benzene rings is 1. The number of rotatable bonds is 9. The Hall–Kier alpha value is -1.75. The average molecular weight is 520 g/mol. The number of halogens is 1. The Morgan fingerprint density at radius 2 is 1.79 bits per heavy atom. The van der Waals surface area contributed by atoms with Crippen molar-refractivity contribution in [2.75, 3.05) is 34.4 Å². The Bertz CT molecular complexity index is 742. The van der Waals surface area contributed by atoms with Gasteiger partial charge < -0.3 is 24.8 Å². The number of ether oxygens (including phenoxy) is 3. The fraction of sp³-hybridized carbons (Fsp3) is 0.474. The first-order chi connectivity index (χ1) is 13.1. The van der Waals surface area contributed by atoms with E-state index < -0.39 is 0 Å². The summed E-state index contributed by atoms with van der Waals surface area (Å²) in [5.74, 6) is 2.59. The number of thiazole rings is 1. The third kappa shape index (κ3) is 7.01. The summed E-state index contributed by atoms with van der Waals surface area (Å²) in [4.78, 5) is 10.3. The van der Waals surface area contributed by atoms with E-state index in [4.69, 9.17) is 14.2 Å². The molecule has 7 nitrogen and oxygen atoms in total. The maximum atomic E-state index is 5.40. The van der Waals surface area contributed by atoms with Gasteiger partial charge in [-0.15, -0.1) is 35.3 Å². The highest BCUT2D eigenvalue weighted by Gasteiger charge is 2.13. The van der Waals surface area contributed by atoms with Gasteiger partial charge in [0.15, 0.2) is 17.5 Å². The number of methoxy groups -OCH3 is 3.